The van der Waals surface area contributed by atoms with E-state index in [1.165, 1.54) is 0 Å². The Labute approximate surface area is 165 Å². The first-order valence-corrected chi connectivity index (χ1v) is 9.54. The van der Waals surface area contributed by atoms with Crippen molar-refractivity contribution in [3.8, 4) is 5.69 Å². The van der Waals surface area contributed by atoms with Crippen LogP contribution < -0.4 is 10.2 Å². The van der Waals surface area contributed by atoms with Crippen molar-refractivity contribution in [2.24, 2.45) is 4.99 Å². The number of aliphatic imine (C=N–C) groups is 1. The molecule has 1 aromatic carbocycles. The quantitative estimate of drug-likeness (QED) is 0.559. The summed E-state index contributed by atoms with van der Waals surface area (Å²) in [5.74, 6) is 1.96. The summed E-state index contributed by atoms with van der Waals surface area (Å²) in [6.45, 7) is 4.40. The number of pyridine rings is 1. The monoisotopic (exact) mass is 375 g/mol. The fourth-order valence-electron chi connectivity index (χ4n) is 3.37. The molecule has 1 saturated heterocycles. The van der Waals surface area contributed by atoms with Gasteiger partial charge in [-0.15, -0.1) is 0 Å². The van der Waals surface area contributed by atoms with Gasteiger partial charge in [0.15, 0.2) is 5.96 Å². The molecule has 3 aromatic rings. The van der Waals surface area contributed by atoms with E-state index in [9.17, 15) is 0 Å². The normalized spacial score (nSPS) is 15.0. The van der Waals surface area contributed by atoms with E-state index in [0.717, 1.165) is 49.2 Å². The van der Waals surface area contributed by atoms with Gasteiger partial charge in [-0.1, -0.05) is 24.3 Å². The molecule has 1 aliphatic heterocycles. The zero-order chi connectivity index (χ0) is 19.2. The lowest BCUT2D eigenvalue weighted by Gasteiger charge is -2.37. The van der Waals surface area contributed by atoms with Crippen LogP contribution in [0.15, 0.2) is 72.1 Å². The van der Waals surface area contributed by atoms with Crippen molar-refractivity contribution < 1.29 is 0 Å². The first-order valence-electron chi connectivity index (χ1n) is 9.54. The average molecular weight is 375 g/mol. The number of benzene rings is 1. The topological polar surface area (TPSA) is 61.6 Å². The number of nitrogens with zero attached hydrogens (tertiary/aromatic N) is 6. The van der Waals surface area contributed by atoms with Crippen molar-refractivity contribution in [3.63, 3.8) is 0 Å². The number of anilines is 1. The predicted octanol–water partition coefficient (Wildman–Crippen LogP) is 2.16. The predicted molar refractivity (Wildman–Crippen MR) is 112 cm³/mol. The summed E-state index contributed by atoms with van der Waals surface area (Å²) in [5, 5.41) is 7.92. The molecule has 7 heteroatoms. The molecule has 0 amide bonds. The number of guanidine groups is 1. The summed E-state index contributed by atoms with van der Waals surface area (Å²) in [4.78, 5) is 13.5. The summed E-state index contributed by atoms with van der Waals surface area (Å²) in [6, 6.07) is 16.2. The Hall–Kier alpha value is -3.35. The number of hydrogen-bond donors (Lipinski definition) is 1. The number of para-hydroxylation sites is 1. The molecule has 0 spiro atoms. The van der Waals surface area contributed by atoms with Crippen LogP contribution in [0.2, 0.25) is 0 Å². The third-order valence-corrected chi connectivity index (χ3v) is 4.87. The Bertz CT molecular complexity index is 897. The van der Waals surface area contributed by atoms with Crippen molar-refractivity contribution in [3.05, 3.63) is 72.7 Å². The molecule has 0 aliphatic carbocycles. The Kier molecular flexibility index (Phi) is 5.51. The van der Waals surface area contributed by atoms with Crippen LogP contribution in [0.25, 0.3) is 5.69 Å². The third-order valence-electron chi connectivity index (χ3n) is 4.87. The highest BCUT2D eigenvalue weighted by Gasteiger charge is 2.20. The van der Waals surface area contributed by atoms with Crippen LogP contribution in [0.4, 0.5) is 5.82 Å². The molecule has 1 fully saturated rings. The van der Waals surface area contributed by atoms with Crippen LogP contribution in [-0.4, -0.2) is 58.9 Å². The maximum absolute atomic E-state index is 4.46. The van der Waals surface area contributed by atoms with Crippen LogP contribution in [0.5, 0.6) is 0 Å². The molecule has 144 valence electrons. The van der Waals surface area contributed by atoms with E-state index in [0.29, 0.717) is 6.54 Å². The van der Waals surface area contributed by atoms with Crippen molar-refractivity contribution >= 4 is 11.8 Å². The molecule has 1 aliphatic rings. The molecule has 4 rings (SSSR count). The summed E-state index contributed by atoms with van der Waals surface area (Å²) in [5.41, 5.74) is 2.18. The fraction of sp³-hybridized carbons (Fsp3) is 0.286. The lowest BCUT2D eigenvalue weighted by Crippen LogP contribution is -2.52. The van der Waals surface area contributed by atoms with Crippen molar-refractivity contribution in [2.75, 3.05) is 38.1 Å². The van der Waals surface area contributed by atoms with Gasteiger partial charge in [0.1, 0.15) is 5.82 Å². The number of aromatic nitrogens is 3. The number of nitrogens with one attached hydrogen (secondary N) is 1. The average Bonchev–Trinajstić information content (AvgIpc) is 3.25. The molecule has 2 aromatic heterocycles. The standard InChI is InChI=1S/C21H25N7/c1-22-21(27-13-11-26(12-14-27)20-9-5-6-10-23-20)24-15-18-16-25-28(17-18)19-7-3-2-4-8-19/h2-10,16-17H,11-15H2,1H3,(H,22,24). The van der Waals surface area contributed by atoms with Crippen LogP contribution in [0.3, 0.4) is 0 Å². The summed E-state index contributed by atoms with van der Waals surface area (Å²) in [6.07, 6.45) is 5.79. The van der Waals surface area contributed by atoms with Gasteiger partial charge in [0.25, 0.3) is 0 Å². The van der Waals surface area contributed by atoms with Gasteiger partial charge in [0.2, 0.25) is 0 Å². The molecule has 1 N–H and O–H groups in total. The minimum atomic E-state index is 0.694. The second-order valence-corrected chi connectivity index (χ2v) is 6.69. The molecular formula is C21H25N7. The summed E-state index contributed by atoms with van der Waals surface area (Å²) >= 11 is 0. The van der Waals surface area contributed by atoms with Crippen LogP contribution in [0.1, 0.15) is 5.56 Å². The Morgan fingerprint density at radius 1 is 1.04 bits per heavy atom. The zero-order valence-corrected chi connectivity index (χ0v) is 16.1. The second kappa shape index (κ2) is 8.56. The maximum Gasteiger partial charge on any atom is 0.194 e. The lowest BCUT2D eigenvalue weighted by molar-refractivity contribution is 0.371. The van der Waals surface area contributed by atoms with Crippen LogP contribution in [-0.2, 0) is 6.54 Å². The van der Waals surface area contributed by atoms with Crippen molar-refractivity contribution in [1.29, 1.82) is 0 Å². The zero-order valence-electron chi connectivity index (χ0n) is 16.1. The molecule has 0 unspecified atom stereocenters. The minimum Gasteiger partial charge on any atom is -0.353 e. The second-order valence-electron chi connectivity index (χ2n) is 6.69. The lowest BCUT2D eigenvalue weighted by atomic mass is 10.3. The first-order chi connectivity index (χ1) is 13.8. The Morgan fingerprint density at radius 2 is 1.82 bits per heavy atom. The molecule has 3 heterocycles. The van der Waals surface area contributed by atoms with E-state index in [1.54, 1.807) is 0 Å². The van der Waals surface area contributed by atoms with Gasteiger partial charge in [-0.25, -0.2) is 9.67 Å². The summed E-state index contributed by atoms with van der Waals surface area (Å²) in [7, 11) is 1.83. The van der Waals surface area contributed by atoms with Crippen molar-refractivity contribution in [1.82, 2.24) is 25.0 Å². The molecule has 0 bridgehead atoms. The molecular weight excluding hydrogens is 350 g/mol. The van der Waals surface area contributed by atoms with E-state index < -0.39 is 0 Å². The summed E-state index contributed by atoms with van der Waals surface area (Å²) < 4.78 is 1.89. The van der Waals surface area contributed by atoms with E-state index >= 15 is 0 Å². The van der Waals surface area contributed by atoms with Crippen LogP contribution >= 0.6 is 0 Å². The Balaban J connectivity index is 1.32. The highest BCUT2D eigenvalue weighted by molar-refractivity contribution is 5.80. The van der Waals surface area contributed by atoms with Gasteiger partial charge in [0.05, 0.1) is 11.9 Å². The highest BCUT2D eigenvalue weighted by Crippen LogP contribution is 2.13. The van der Waals surface area contributed by atoms with E-state index in [4.69, 9.17) is 0 Å². The molecule has 0 radical (unpaired) electrons. The van der Waals surface area contributed by atoms with Gasteiger partial charge in [-0.3, -0.25) is 4.99 Å². The number of rotatable bonds is 4. The third kappa shape index (κ3) is 4.14. The molecule has 0 saturated carbocycles. The number of hydrogen-bond acceptors (Lipinski definition) is 4. The van der Waals surface area contributed by atoms with Gasteiger partial charge >= 0.3 is 0 Å². The van der Waals surface area contributed by atoms with Gasteiger partial charge in [-0.05, 0) is 24.3 Å². The number of piperazine rings is 1. The smallest absolute Gasteiger partial charge is 0.194 e. The largest absolute Gasteiger partial charge is 0.353 e. The van der Waals surface area contributed by atoms with E-state index in [-0.39, 0.29) is 0 Å². The SMILES string of the molecule is CN=C(NCc1cnn(-c2ccccc2)c1)N1CCN(c2ccccn2)CC1. The molecule has 28 heavy (non-hydrogen) atoms. The fourth-order valence-corrected chi connectivity index (χ4v) is 3.37. The molecule has 7 nitrogen and oxygen atoms in total. The first kappa shape index (κ1) is 18.0. The van der Waals surface area contributed by atoms with Crippen LogP contribution in [0, 0.1) is 0 Å². The van der Waals surface area contributed by atoms with E-state index in [2.05, 4.69) is 42.5 Å². The van der Waals surface area contributed by atoms with Gasteiger partial charge in [0, 0.05) is 57.7 Å². The Morgan fingerprint density at radius 3 is 2.54 bits per heavy atom. The van der Waals surface area contributed by atoms with E-state index in [1.807, 2.05) is 66.6 Å². The van der Waals surface area contributed by atoms with Gasteiger partial charge < -0.3 is 15.1 Å². The minimum absolute atomic E-state index is 0.694. The molecule has 0 atom stereocenters. The maximum atomic E-state index is 4.46. The van der Waals surface area contributed by atoms with Crippen molar-refractivity contribution in [2.45, 2.75) is 6.54 Å². The van der Waals surface area contributed by atoms with Gasteiger partial charge in [-0.2, -0.15) is 5.10 Å². The highest BCUT2D eigenvalue weighted by atomic mass is 15.4.